The Hall–Kier alpha value is -1.27. The summed E-state index contributed by atoms with van der Waals surface area (Å²) < 4.78 is 18.7. The second-order valence-electron chi connectivity index (χ2n) is 4.85. The Morgan fingerprint density at radius 2 is 2.44 bits per heavy atom. The van der Waals surface area contributed by atoms with E-state index in [1.165, 1.54) is 31.8 Å². The van der Waals surface area contributed by atoms with E-state index in [1.54, 1.807) is 0 Å². The minimum atomic E-state index is -0.517. The SMILES string of the molecule is Fc1cc(NCC2CN3CCCC3CO2)ncn1. The minimum Gasteiger partial charge on any atom is -0.373 e. The lowest BCUT2D eigenvalue weighted by molar-refractivity contribution is -0.0416. The fourth-order valence-corrected chi connectivity index (χ4v) is 2.66. The van der Waals surface area contributed by atoms with Crippen LogP contribution in [0.15, 0.2) is 12.4 Å². The maximum absolute atomic E-state index is 12.9. The normalized spacial score (nSPS) is 28.1. The van der Waals surface area contributed by atoms with Gasteiger partial charge in [-0.15, -0.1) is 0 Å². The molecule has 1 aromatic rings. The molecule has 2 atom stereocenters. The van der Waals surface area contributed by atoms with Gasteiger partial charge in [-0.1, -0.05) is 0 Å². The number of anilines is 1. The van der Waals surface area contributed by atoms with E-state index in [0.29, 0.717) is 18.4 Å². The zero-order chi connectivity index (χ0) is 12.4. The number of ether oxygens (including phenoxy) is 1. The van der Waals surface area contributed by atoms with Gasteiger partial charge in [0.05, 0.1) is 12.7 Å². The summed E-state index contributed by atoms with van der Waals surface area (Å²) in [7, 11) is 0. The Bertz CT molecular complexity index is 417. The maximum atomic E-state index is 12.9. The highest BCUT2D eigenvalue weighted by Crippen LogP contribution is 2.22. The summed E-state index contributed by atoms with van der Waals surface area (Å²) in [5, 5.41) is 3.09. The van der Waals surface area contributed by atoms with Crippen LogP contribution in [0.1, 0.15) is 12.8 Å². The number of hydrogen-bond acceptors (Lipinski definition) is 5. The van der Waals surface area contributed by atoms with Gasteiger partial charge in [-0.3, -0.25) is 4.90 Å². The van der Waals surface area contributed by atoms with Crippen LogP contribution in [0.25, 0.3) is 0 Å². The number of rotatable bonds is 3. The first-order valence-electron chi connectivity index (χ1n) is 6.38. The molecule has 3 heterocycles. The van der Waals surface area contributed by atoms with Crippen LogP contribution >= 0.6 is 0 Å². The average molecular weight is 252 g/mol. The van der Waals surface area contributed by atoms with Crippen LogP contribution in [0.5, 0.6) is 0 Å². The lowest BCUT2D eigenvalue weighted by atomic mass is 10.2. The molecule has 0 radical (unpaired) electrons. The summed E-state index contributed by atoms with van der Waals surface area (Å²) >= 11 is 0. The zero-order valence-electron chi connectivity index (χ0n) is 10.2. The summed E-state index contributed by atoms with van der Waals surface area (Å²) in [5.74, 6) is -0.00804. The van der Waals surface area contributed by atoms with Crippen molar-refractivity contribution in [3.05, 3.63) is 18.3 Å². The lowest BCUT2D eigenvalue weighted by Crippen LogP contribution is -2.48. The van der Waals surface area contributed by atoms with Crippen LogP contribution in [0, 0.1) is 5.95 Å². The molecule has 0 spiro atoms. The summed E-state index contributed by atoms with van der Waals surface area (Å²) in [6.07, 6.45) is 3.88. The molecule has 2 unspecified atom stereocenters. The third kappa shape index (κ3) is 2.59. The maximum Gasteiger partial charge on any atom is 0.217 e. The van der Waals surface area contributed by atoms with E-state index < -0.39 is 5.95 Å². The number of hydrogen-bond donors (Lipinski definition) is 1. The summed E-state index contributed by atoms with van der Waals surface area (Å²) in [6, 6.07) is 1.90. The Morgan fingerprint density at radius 1 is 1.50 bits per heavy atom. The number of nitrogens with one attached hydrogen (secondary N) is 1. The van der Waals surface area contributed by atoms with Crippen molar-refractivity contribution in [2.24, 2.45) is 0 Å². The zero-order valence-corrected chi connectivity index (χ0v) is 10.2. The number of morpholine rings is 1. The molecule has 0 amide bonds. The molecule has 2 saturated heterocycles. The second kappa shape index (κ2) is 5.16. The predicted octanol–water partition coefficient (Wildman–Crippen LogP) is 0.891. The molecule has 5 nitrogen and oxygen atoms in total. The third-order valence-corrected chi connectivity index (χ3v) is 3.61. The average Bonchev–Trinajstić information content (AvgIpc) is 2.84. The van der Waals surface area contributed by atoms with E-state index in [2.05, 4.69) is 20.2 Å². The van der Waals surface area contributed by atoms with Gasteiger partial charge in [-0.25, -0.2) is 9.97 Å². The number of aromatic nitrogens is 2. The molecular weight excluding hydrogens is 235 g/mol. The van der Waals surface area contributed by atoms with Crippen molar-refractivity contribution in [2.45, 2.75) is 25.0 Å². The van der Waals surface area contributed by atoms with Gasteiger partial charge >= 0.3 is 0 Å². The van der Waals surface area contributed by atoms with Crippen molar-refractivity contribution < 1.29 is 9.13 Å². The Morgan fingerprint density at radius 3 is 3.33 bits per heavy atom. The lowest BCUT2D eigenvalue weighted by Gasteiger charge is -2.35. The van der Waals surface area contributed by atoms with Crippen molar-refractivity contribution in [1.29, 1.82) is 0 Å². The van der Waals surface area contributed by atoms with E-state index >= 15 is 0 Å². The molecule has 2 aliphatic rings. The molecular formula is C12H17FN4O. The first kappa shape index (κ1) is 11.8. The molecule has 3 rings (SSSR count). The molecule has 98 valence electrons. The van der Waals surface area contributed by atoms with Crippen molar-refractivity contribution in [3.63, 3.8) is 0 Å². The van der Waals surface area contributed by atoms with E-state index in [-0.39, 0.29) is 6.10 Å². The molecule has 6 heteroatoms. The fourth-order valence-electron chi connectivity index (χ4n) is 2.66. The molecule has 0 aliphatic carbocycles. The van der Waals surface area contributed by atoms with Gasteiger partial charge in [0.2, 0.25) is 5.95 Å². The number of halogens is 1. The minimum absolute atomic E-state index is 0.150. The standard InChI is InChI=1S/C12H17FN4O/c13-11-4-12(16-8-15-11)14-5-10-6-17-3-1-2-9(17)7-18-10/h4,8-10H,1-3,5-7H2,(H,14,15,16). The van der Waals surface area contributed by atoms with Crippen molar-refractivity contribution >= 4 is 5.82 Å². The highest BCUT2D eigenvalue weighted by atomic mass is 19.1. The van der Waals surface area contributed by atoms with E-state index in [0.717, 1.165) is 13.2 Å². The van der Waals surface area contributed by atoms with Crippen molar-refractivity contribution in [2.75, 3.05) is 31.6 Å². The van der Waals surface area contributed by atoms with Crippen molar-refractivity contribution in [3.8, 4) is 0 Å². The number of nitrogens with zero attached hydrogens (tertiary/aromatic N) is 3. The summed E-state index contributed by atoms with van der Waals surface area (Å²) in [5.41, 5.74) is 0. The topological polar surface area (TPSA) is 50.3 Å². The highest BCUT2D eigenvalue weighted by molar-refractivity contribution is 5.32. The molecule has 0 bridgehead atoms. The van der Waals surface area contributed by atoms with E-state index in [4.69, 9.17) is 4.74 Å². The fraction of sp³-hybridized carbons (Fsp3) is 0.667. The van der Waals surface area contributed by atoms with Crippen LogP contribution in [0.3, 0.4) is 0 Å². The van der Waals surface area contributed by atoms with Gasteiger partial charge < -0.3 is 10.1 Å². The first-order chi connectivity index (χ1) is 8.81. The third-order valence-electron chi connectivity index (χ3n) is 3.61. The Labute approximate surface area is 105 Å². The van der Waals surface area contributed by atoms with Gasteiger partial charge in [-0.2, -0.15) is 4.39 Å². The van der Waals surface area contributed by atoms with Gasteiger partial charge in [0.1, 0.15) is 12.1 Å². The van der Waals surface area contributed by atoms with Gasteiger partial charge in [0.25, 0.3) is 0 Å². The molecule has 18 heavy (non-hydrogen) atoms. The Kier molecular flexibility index (Phi) is 3.38. The van der Waals surface area contributed by atoms with Crippen molar-refractivity contribution in [1.82, 2.24) is 14.9 Å². The van der Waals surface area contributed by atoms with E-state index in [1.807, 2.05) is 0 Å². The molecule has 2 fully saturated rings. The van der Waals surface area contributed by atoms with Gasteiger partial charge in [0.15, 0.2) is 0 Å². The highest BCUT2D eigenvalue weighted by Gasteiger charge is 2.31. The molecule has 0 aromatic carbocycles. The molecule has 0 saturated carbocycles. The second-order valence-corrected chi connectivity index (χ2v) is 4.85. The smallest absolute Gasteiger partial charge is 0.217 e. The first-order valence-corrected chi connectivity index (χ1v) is 6.38. The van der Waals surface area contributed by atoms with Crippen LogP contribution in [-0.4, -0.2) is 53.3 Å². The predicted molar refractivity (Wildman–Crippen MR) is 64.8 cm³/mol. The summed E-state index contributed by atoms with van der Waals surface area (Å²) in [6.45, 7) is 3.59. The van der Waals surface area contributed by atoms with E-state index in [9.17, 15) is 4.39 Å². The van der Waals surface area contributed by atoms with Crippen LogP contribution in [0.2, 0.25) is 0 Å². The van der Waals surface area contributed by atoms with Gasteiger partial charge in [-0.05, 0) is 19.4 Å². The van der Waals surface area contributed by atoms with Crippen LogP contribution in [0.4, 0.5) is 10.2 Å². The number of fused-ring (bicyclic) bond motifs is 1. The van der Waals surface area contributed by atoms with Crippen LogP contribution < -0.4 is 5.32 Å². The van der Waals surface area contributed by atoms with Gasteiger partial charge in [0, 0.05) is 25.2 Å². The molecule has 2 aliphatic heterocycles. The summed E-state index contributed by atoms with van der Waals surface area (Å²) in [4.78, 5) is 9.86. The quantitative estimate of drug-likeness (QED) is 0.810. The Balaban J connectivity index is 1.51. The molecule has 1 N–H and O–H groups in total. The largest absolute Gasteiger partial charge is 0.373 e. The monoisotopic (exact) mass is 252 g/mol. The molecule has 1 aromatic heterocycles. The van der Waals surface area contributed by atoms with Crippen LogP contribution in [-0.2, 0) is 4.74 Å².